The van der Waals surface area contributed by atoms with Crippen LogP contribution in [0, 0.1) is 5.92 Å². The van der Waals surface area contributed by atoms with E-state index in [-0.39, 0.29) is 6.04 Å². The lowest BCUT2D eigenvalue weighted by Crippen LogP contribution is -2.43. The van der Waals surface area contributed by atoms with Gasteiger partial charge in [-0.15, -0.1) is 0 Å². The zero-order valence-electron chi connectivity index (χ0n) is 6.84. The molecule has 2 atom stereocenters. The van der Waals surface area contributed by atoms with Gasteiger partial charge in [0.05, 0.1) is 6.10 Å². The molecule has 0 bridgehead atoms. The molecule has 1 fully saturated rings. The highest BCUT2D eigenvalue weighted by atomic mass is 16.5. The average molecular weight is 143 g/mol. The molecule has 1 rings (SSSR count). The van der Waals surface area contributed by atoms with Crippen molar-refractivity contribution in [3.05, 3.63) is 0 Å². The van der Waals surface area contributed by atoms with Crippen LogP contribution in [0.5, 0.6) is 0 Å². The molecule has 0 unspecified atom stereocenters. The maximum atomic E-state index is 5.85. The van der Waals surface area contributed by atoms with Gasteiger partial charge in [0.25, 0.3) is 0 Å². The first-order chi connectivity index (χ1) is 4.72. The molecule has 0 radical (unpaired) electrons. The smallest absolute Gasteiger partial charge is 0.0748 e. The summed E-state index contributed by atoms with van der Waals surface area (Å²) in [7, 11) is 0. The molecule has 1 saturated heterocycles. The first kappa shape index (κ1) is 8.02. The average Bonchev–Trinajstić information content (AvgIpc) is 1.88. The van der Waals surface area contributed by atoms with Crippen molar-refractivity contribution < 1.29 is 4.74 Å². The summed E-state index contributed by atoms with van der Waals surface area (Å²) >= 11 is 0. The highest BCUT2D eigenvalue weighted by Gasteiger charge is 2.24. The SMILES string of the molecule is CC(C)[C@H]1OCCC[C@@H]1N. The van der Waals surface area contributed by atoms with Crippen LogP contribution < -0.4 is 5.73 Å². The summed E-state index contributed by atoms with van der Waals surface area (Å²) in [5.41, 5.74) is 5.85. The predicted molar refractivity (Wildman–Crippen MR) is 41.8 cm³/mol. The van der Waals surface area contributed by atoms with Crippen LogP contribution >= 0.6 is 0 Å². The number of hydrogen-bond acceptors (Lipinski definition) is 2. The maximum Gasteiger partial charge on any atom is 0.0748 e. The van der Waals surface area contributed by atoms with Crippen LogP contribution in [-0.2, 0) is 4.74 Å². The molecule has 1 aliphatic rings. The molecular weight excluding hydrogens is 126 g/mol. The quantitative estimate of drug-likeness (QED) is 0.597. The van der Waals surface area contributed by atoms with Crippen LogP contribution in [0.1, 0.15) is 26.7 Å². The first-order valence-electron chi connectivity index (χ1n) is 4.09. The largest absolute Gasteiger partial charge is 0.376 e. The van der Waals surface area contributed by atoms with Crippen molar-refractivity contribution in [1.82, 2.24) is 0 Å². The van der Waals surface area contributed by atoms with Crippen LogP contribution in [0.25, 0.3) is 0 Å². The minimum Gasteiger partial charge on any atom is -0.376 e. The molecule has 60 valence electrons. The number of nitrogens with two attached hydrogens (primary N) is 1. The third-order valence-corrected chi connectivity index (χ3v) is 2.07. The van der Waals surface area contributed by atoms with E-state index < -0.39 is 0 Å². The van der Waals surface area contributed by atoms with Crippen molar-refractivity contribution >= 4 is 0 Å². The number of rotatable bonds is 1. The topological polar surface area (TPSA) is 35.2 Å². The Balaban J connectivity index is 2.40. The Kier molecular flexibility index (Phi) is 2.69. The summed E-state index contributed by atoms with van der Waals surface area (Å²) in [6, 6.07) is 0.272. The van der Waals surface area contributed by atoms with Crippen molar-refractivity contribution in [2.45, 2.75) is 38.8 Å². The second kappa shape index (κ2) is 3.35. The lowest BCUT2D eigenvalue weighted by Gasteiger charge is -2.31. The Morgan fingerprint density at radius 2 is 2.20 bits per heavy atom. The summed E-state index contributed by atoms with van der Waals surface area (Å²) in [5, 5.41) is 0. The van der Waals surface area contributed by atoms with Crippen LogP contribution in [0.2, 0.25) is 0 Å². The second-order valence-electron chi connectivity index (χ2n) is 3.39. The van der Waals surface area contributed by atoms with Gasteiger partial charge in [-0.2, -0.15) is 0 Å². The number of ether oxygens (including phenoxy) is 1. The fourth-order valence-electron chi connectivity index (χ4n) is 1.51. The Morgan fingerprint density at radius 3 is 2.60 bits per heavy atom. The van der Waals surface area contributed by atoms with Gasteiger partial charge >= 0.3 is 0 Å². The van der Waals surface area contributed by atoms with E-state index in [9.17, 15) is 0 Å². The first-order valence-corrected chi connectivity index (χ1v) is 4.09. The maximum absolute atomic E-state index is 5.85. The monoisotopic (exact) mass is 143 g/mol. The van der Waals surface area contributed by atoms with Gasteiger partial charge < -0.3 is 10.5 Å². The molecule has 10 heavy (non-hydrogen) atoms. The van der Waals surface area contributed by atoms with Gasteiger partial charge in [-0.25, -0.2) is 0 Å². The zero-order valence-corrected chi connectivity index (χ0v) is 6.84. The third kappa shape index (κ3) is 1.70. The Morgan fingerprint density at radius 1 is 1.50 bits per heavy atom. The molecular formula is C8H17NO. The Bertz CT molecular complexity index is 103. The summed E-state index contributed by atoms with van der Waals surface area (Å²) in [6.07, 6.45) is 2.56. The van der Waals surface area contributed by atoms with Gasteiger partial charge in [0.15, 0.2) is 0 Å². The lowest BCUT2D eigenvalue weighted by molar-refractivity contribution is -0.0253. The van der Waals surface area contributed by atoms with Crippen molar-refractivity contribution in [3.8, 4) is 0 Å². The van der Waals surface area contributed by atoms with Crippen molar-refractivity contribution in [1.29, 1.82) is 0 Å². The van der Waals surface area contributed by atoms with E-state index in [1.54, 1.807) is 0 Å². The molecule has 0 saturated carbocycles. The van der Waals surface area contributed by atoms with Crippen LogP contribution in [-0.4, -0.2) is 18.8 Å². The highest BCUT2D eigenvalue weighted by Crippen LogP contribution is 2.18. The molecule has 1 heterocycles. The molecule has 0 amide bonds. The highest BCUT2D eigenvalue weighted by molar-refractivity contribution is 4.79. The Hall–Kier alpha value is -0.0800. The van der Waals surface area contributed by atoms with Crippen molar-refractivity contribution in [3.63, 3.8) is 0 Å². The fourth-order valence-corrected chi connectivity index (χ4v) is 1.51. The van der Waals surface area contributed by atoms with E-state index in [1.807, 2.05) is 0 Å². The standard InChI is InChI=1S/C8H17NO/c1-6(2)8-7(9)4-3-5-10-8/h6-8H,3-5,9H2,1-2H3/t7-,8+/m0/s1. The molecule has 1 aliphatic heterocycles. The van der Waals surface area contributed by atoms with Gasteiger partial charge in [-0.1, -0.05) is 13.8 Å². The summed E-state index contributed by atoms with van der Waals surface area (Å²) in [5.74, 6) is 0.565. The molecule has 0 aromatic heterocycles. The normalized spacial score (nSPS) is 34.8. The molecule has 0 aromatic rings. The van der Waals surface area contributed by atoms with Gasteiger partial charge in [0.2, 0.25) is 0 Å². The van der Waals surface area contributed by atoms with Gasteiger partial charge in [-0.3, -0.25) is 0 Å². The Labute approximate surface area is 62.7 Å². The van der Waals surface area contributed by atoms with E-state index in [4.69, 9.17) is 10.5 Å². The molecule has 2 N–H and O–H groups in total. The van der Waals surface area contributed by atoms with E-state index in [2.05, 4.69) is 13.8 Å². The number of hydrogen-bond donors (Lipinski definition) is 1. The molecule has 0 spiro atoms. The molecule has 2 heteroatoms. The summed E-state index contributed by atoms with van der Waals surface area (Å²) in [6.45, 7) is 5.22. The van der Waals surface area contributed by atoms with E-state index >= 15 is 0 Å². The second-order valence-corrected chi connectivity index (χ2v) is 3.39. The molecule has 2 nitrogen and oxygen atoms in total. The zero-order chi connectivity index (χ0) is 7.56. The van der Waals surface area contributed by atoms with E-state index in [1.165, 1.54) is 0 Å². The van der Waals surface area contributed by atoms with Gasteiger partial charge in [-0.05, 0) is 18.8 Å². The lowest BCUT2D eigenvalue weighted by atomic mass is 9.95. The third-order valence-electron chi connectivity index (χ3n) is 2.07. The fraction of sp³-hybridized carbons (Fsp3) is 1.00. The predicted octanol–water partition coefficient (Wildman–Crippen LogP) is 1.15. The van der Waals surface area contributed by atoms with Gasteiger partial charge in [0.1, 0.15) is 0 Å². The van der Waals surface area contributed by atoms with E-state index in [0.717, 1.165) is 19.4 Å². The minimum absolute atomic E-state index is 0.272. The summed E-state index contributed by atoms with van der Waals surface area (Å²) in [4.78, 5) is 0. The minimum atomic E-state index is 0.272. The molecule has 0 aliphatic carbocycles. The van der Waals surface area contributed by atoms with Gasteiger partial charge in [0, 0.05) is 12.6 Å². The van der Waals surface area contributed by atoms with Crippen molar-refractivity contribution in [2.75, 3.05) is 6.61 Å². The van der Waals surface area contributed by atoms with Crippen LogP contribution in [0.15, 0.2) is 0 Å². The van der Waals surface area contributed by atoms with Crippen LogP contribution in [0.3, 0.4) is 0 Å². The van der Waals surface area contributed by atoms with Crippen LogP contribution in [0.4, 0.5) is 0 Å². The molecule has 0 aromatic carbocycles. The summed E-state index contributed by atoms with van der Waals surface area (Å²) < 4.78 is 5.53. The van der Waals surface area contributed by atoms with Crippen molar-refractivity contribution in [2.24, 2.45) is 11.7 Å². The van der Waals surface area contributed by atoms with E-state index in [0.29, 0.717) is 12.0 Å².